The molecule has 4 aromatic heterocycles. The average molecular weight is 409 g/mol. The van der Waals surface area contributed by atoms with Gasteiger partial charge in [-0.05, 0) is 54.1 Å². The van der Waals surface area contributed by atoms with Crippen LogP contribution in [0.25, 0.3) is 22.9 Å². The molecule has 31 heavy (non-hydrogen) atoms. The molecule has 0 saturated heterocycles. The fraction of sp³-hybridized carbons (Fsp3) is 0.0435. The van der Waals surface area contributed by atoms with Gasteiger partial charge in [-0.2, -0.15) is 0 Å². The topological polar surface area (TPSA) is 89.1 Å². The summed E-state index contributed by atoms with van der Waals surface area (Å²) in [7, 11) is 0. The summed E-state index contributed by atoms with van der Waals surface area (Å²) in [6.07, 6.45) is 7.11. The van der Waals surface area contributed by atoms with Crippen molar-refractivity contribution in [3.05, 3.63) is 97.1 Å². The van der Waals surface area contributed by atoms with Crippen molar-refractivity contribution < 1.29 is 4.79 Å². The van der Waals surface area contributed by atoms with Crippen molar-refractivity contribution in [3.63, 3.8) is 0 Å². The summed E-state index contributed by atoms with van der Waals surface area (Å²) in [5, 5.41) is 10.3. The van der Waals surface area contributed by atoms with Crippen LogP contribution in [0.5, 0.6) is 0 Å². The number of pyridine rings is 2. The average Bonchev–Trinajstić information content (AvgIpc) is 3.46. The van der Waals surface area contributed by atoms with Crippen molar-refractivity contribution in [1.82, 2.24) is 29.5 Å². The molecule has 0 aliphatic carbocycles. The maximum absolute atomic E-state index is 12.2. The third-order valence-electron chi connectivity index (χ3n) is 4.80. The summed E-state index contributed by atoms with van der Waals surface area (Å²) in [5.41, 5.74) is 4.21. The molecule has 2 N–H and O–H groups in total. The molecule has 0 aliphatic rings. The Balaban J connectivity index is 1.34. The summed E-state index contributed by atoms with van der Waals surface area (Å²) in [6, 6.07) is 21.0. The van der Waals surface area contributed by atoms with Crippen molar-refractivity contribution in [2.24, 2.45) is 0 Å². The molecule has 8 heteroatoms. The summed E-state index contributed by atoms with van der Waals surface area (Å²) >= 11 is 0. The van der Waals surface area contributed by atoms with Crippen molar-refractivity contribution in [2.45, 2.75) is 6.54 Å². The molecular weight excluding hydrogens is 390 g/mol. The van der Waals surface area contributed by atoms with Crippen LogP contribution in [0.3, 0.4) is 0 Å². The van der Waals surface area contributed by atoms with Crippen LogP contribution < -0.4 is 10.6 Å². The van der Waals surface area contributed by atoms with Gasteiger partial charge in [-0.3, -0.25) is 4.98 Å². The molecule has 4 heterocycles. The van der Waals surface area contributed by atoms with E-state index in [9.17, 15) is 4.79 Å². The van der Waals surface area contributed by atoms with Gasteiger partial charge < -0.3 is 15.2 Å². The van der Waals surface area contributed by atoms with Crippen molar-refractivity contribution >= 4 is 17.4 Å². The number of amides is 2. The van der Waals surface area contributed by atoms with Gasteiger partial charge in [0.15, 0.2) is 11.5 Å². The maximum Gasteiger partial charge on any atom is 0.319 e. The highest BCUT2D eigenvalue weighted by Gasteiger charge is 2.12. The summed E-state index contributed by atoms with van der Waals surface area (Å²) in [5.74, 6) is 0.605. The number of para-hydroxylation sites is 1. The third-order valence-corrected chi connectivity index (χ3v) is 4.80. The highest BCUT2D eigenvalue weighted by Crippen LogP contribution is 2.22. The largest absolute Gasteiger partial charge is 0.334 e. The van der Waals surface area contributed by atoms with Crippen LogP contribution in [-0.4, -0.2) is 30.2 Å². The molecule has 5 rings (SSSR count). The number of urea groups is 1. The Hall–Kier alpha value is -4.46. The van der Waals surface area contributed by atoms with Gasteiger partial charge in [-0.25, -0.2) is 14.3 Å². The molecule has 0 bridgehead atoms. The highest BCUT2D eigenvalue weighted by atomic mass is 16.2. The second-order valence-electron chi connectivity index (χ2n) is 6.92. The number of anilines is 1. The van der Waals surface area contributed by atoms with E-state index in [0.717, 1.165) is 16.9 Å². The van der Waals surface area contributed by atoms with Crippen LogP contribution >= 0.6 is 0 Å². The van der Waals surface area contributed by atoms with Gasteiger partial charge in [0.2, 0.25) is 0 Å². The van der Waals surface area contributed by atoms with E-state index in [1.165, 1.54) is 0 Å². The number of hydrogen-bond acceptors (Lipinski definition) is 4. The Kier molecular flexibility index (Phi) is 4.86. The van der Waals surface area contributed by atoms with Gasteiger partial charge in [-0.1, -0.05) is 18.2 Å². The molecule has 1 aromatic carbocycles. The molecule has 2 amide bonds. The standard InChI is InChI=1S/C23H19N7O/c31-23(25-15-17-10-12-24-13-11-17)26-18-8-9-21-27-22(28-30(21)16-18)20-7-4-14-29(20)19-5-2-1-3-6-19/h1-14,16H,15H2,(H2,25,26,31). The fourth-order valence-corrected chi connectivity index (χ4v) is 3.30. The quantitative estimate of drug-likeness (QED) is 0.461. The number of fused-ring (bicyclic) bond motifs is 1. The van der Waals surface area contributed by atoms with E-state index in [4.69, 9.17) is 0 Å². The first-order valence-electron chi connectivity index (χ1n) is 9.80. The summed E-state index contributed by atoms with van der Waals surface area (Å²) in [4.78, 5) is 20.8. The zero-order valence-corrected chi connectivity index (χ0v) is 16.5. The number of carbonyl (C=O) groups is 1. The van der Waals surface area contributed by atoms with Gasteiger partial charge in [0.05, 0.1) is 17.6 Å². The maximum atomic E-state index is 12.2. The van der Waals surface area contributed by atoms with E-state index in [-0.39, 0.29) is 6.03 Å². The molecule has 152 valence electrons. The van der Waals surface area contributed by atoms with E-state index in [0.29, 0.717) is 23.7 Å². The van der Waals surface area contributed by atoms with Crippen LogP contribution in [0.15, 0.2) is 91.5 Å². The Morgan fingerprint density at radius 3 is 2.61 bits per heavy atom. The van der Waals surface area contributed by atoms with Gasteiger partial charge in [0, 0.05) is 30.8 Å². The molecule has 0 atom stereocenters. The first kappa shape index (κ1) is 18.6. The molecule has 0 radical (unpaired) electrons. The fourth-order valence-electron chi connectivity index (χ4n) is 3.30. The van der Waals surface area contributed by atoms with Crippen LogP contribution in [0.2, 0.25) is 0 Å². The smallest absolute Gasteiger partial charge is 0.319 e. The van der Waals surface area contributed by atoms with E-state index in [1.807, 2.05) is 71.4 Å². The Morgan fingerprint density at radius 2 is 1.77 bits per heavy atom. The summed E-state index contributed by atoms with van der Waals surface area (Å²) in [6.45, 7) is 0.417. The lowest BCUT2D eigenvalue weighted by molar-refractivity contribution is 0.251. The van der Waals surface area contributed by atoms with Crippen LogP contribution in [0.4, 0.5) is 10.5 Å². The lowest BCUT2D eigenvalue weighted by Crippen LogP contribution is -2.28. The second kappa shape index (κ2) is 8.11. The first-order chi connectivity index (χ1) is 15.3. The minimum atomic E-state index is -0.297. The monoisotopic (exact) mass is 409 g/mol. The lowest BCUT2D eigenvalue weighted by atomic mass is 10.3. The minimum absolute atomic E-state index is 0.297. The normalized spacial score (nSPS) is 10.8. The van der Waals surface area contributed by atoms with Crippen molar-refractivity contribution in [1.29, 1.82) is 0 Å². The number of carbonyl (C=O) groups excluding carboxylic acids is 1. The zero-order valence-electron chi connectivity index (χ0n) is 16.5. The van der Waals surface area contributed by atoms with E-state index >= 15 is 0 Å². The van der Waals surface area contributed by atoms with Crippen molar-refractivity contribution in [2.75, 3.05) is 5.32 Å². The Labute approximate surface area is 178 Å². The van der Waals surface area contributed by atoms with Gasteiger partial charge >= 0.3 is 6.03 Å². The van der Waals surface area contributed by atoms with Gasteiger partial charge in [0.25, 0.3) is 0 Å². The van der Waals surface area contributed by atoms with E-state index in [1.54, 1.807) is 29.2 Å². The summed E-state index contributed by atoms with van der Waals surface area (Å²) < 4.78 is 3.70. The second-order valence-corrected chi connectivity index (χ2v) is 6.92. The predicted octanol–water partition coefficient (Wildman–Crippen LogP) is 3.90. The Morgan fingerprint density at radius 1 is 0.935 bits per heavy atom. The predicted molar refractivity (Wildman–Crippen MR) is 118 cm³/mol. The number of nitrogens with zero attached hydrogens (tertiary/aromatic N) is 5. The van der Waals surface area contributed by atoms with E-state index < -0.39 is 0 Å². The van der Waals surface area contributed by atoms with Gasteiger partial charge in [-0.15, -0.1) is 5.10 Å². The van der Waals surface area contributed by atoms with Crippen LogP contribution in [0.1, 0.15) is 5.56 Å². The van der Waals surface area contributed by atoms with Gasteiger partial charge in [0.1, 0.15) is 0 Å². The van der Waals surface area contributed by atoms with Crippen LogP contribution in [-0.2, 0) is 6.54 Å². The molecule has 0 unspecified atom stereocenters. The molecule has 0 spiro atoms. The lowest BCUT2D eigenvalue weighted by Gasteiger charge is -2.07. The number of benzene rings is 1. The molecule has 8 nitrogen and oxygen atoms in total. The minimum Gasteiger partial charge on any atom is -0.334 e. The molecule has 5 aromatic rings. The van der Waals surface area contributed by atoms with Crippen molar-refractivity contribution in [3.8, 4) is 17.2 Å². The van der Waals surface area contributed by atoms with Crippen LogP contribution in [0, 0.1) is 0 Å². The number of aromatic nitrogens is 5. The Bertz CT molecular complexity index is 1330. The zero-order chi connectivity index (χ0) is 21.0. The molecule has 0 fully saturated rings. The number of rotatable bonds is 5. The van der Waals surface area contributed by atoms with E-state index in [2.05, 4.69) is 25.7 Å². The molecule has 0 aliphatic heterocycles. The molecule has 0 saturated carbocycles. The molecular formula is C23H19N7O. The first-order valence-corrected chi connectivity index (χ1v) is 9.80. The number of nitrogens with one attached hydrogen (secondary N) is 2. The number of hydrogen-bond donors (Lipinski definition) is 2. The third kappa shape index (κ3) is 3.99. The SMILES string of the molecule is O=C(NCc1ccncc1)Nc1ccc2nc(-c3cccn3-c3ccccc3)nn2c1. The highest BCUT2D eigenvalue weighted by molar-refractivity contribution is 5.89.